The molecule has 3 aliphatic carbocycles. The smallest absolute Gasteiger partial charge is 0.303 e. The van der Waals surface area contributed by atoms with Crippen LogP contribution < -0.4 is 4.90 Å². The number of fused-ring (bicyclic) bond motifs is 1. The molecule has 2 bridgehead atoms. The lowest BCUT2D eigenvalue weighted by atomic mass is 9.54. The van der Waals surface area contributed by atoms with Gasteiger partial charge in [-0.25, -0.2) is 4.98 Å². The Labute approximate surface area is 206 Å². The first-order valence-corrected chi connectivity index (χ1v) is 12.6. The predicted octanol–water partition coefficient (Wildman–Crippen LogP) is 2.04. The van der Waals surface area contributed by atoms with Crippen molar-refractivity contribution in [3.05, 3.63) is 36.0 Å². The maximum atomic E-state index is 13.3. The van der Waals surface area contributed by atoms with Gasteiger partial charge < -0.3 is 9.64 Å². The molecule has 3 fully saturated rings. The third-order valence-corrected chi connectivity index (χ3v) is 7.99. The van der Waals surface area contributed by atoms with Crippen LogP contribution in [0.5, 0.6) is 0 Å². The van der Waals surface area contributed by atoms with Crippen LogP contribution in [0, 0.1) is 23.7 Å². The number of esters is 1. The molecule has 5 atom stereocenters. The average Bonchev–Trinajstić information content (AvgIpc) is 3.08. The van der Waals surface area contributed by atoms with E-state index in [0.29, 0.717) is 12.8 Å². The second-order valence-corrected chi connectivity index (χ2v) is 10.3. The van der Waals surface area contributed by atoms with Gasteiger partial charge in [0.25, 0.3) is 11.8 Å². The van der Waals surface area contributed by atoms with Crippen molar-refractivity contribution >= 4 is 23.6 Å². The van der Waals surface area contributed by atoms with Crippen LogP contribution in [-0.2, 0) is 24.0 Å². The summed E-state index contributed by atoms with van der Waals surface area (Å²) in [6, 6.07) is 5.95. The molecule has 2 amide bonds. The zero-order valence-corrected chi connectivity index (χ0v) is 20.7. The molecular weight excluding hydrogens is 448 g/mol. The quantitative estimate of drug-likeness (QED) is 0.252. The highest BCUT2D eigenvalue weighted by molar-refractivity contribution is 6.05. The van der Waals surface area contributed by atoms with Gasteiger partial charge in [-0.3, -0.25) is 24.1 Å². The SMILES string of the molecule is CC(=O)O[C@]12C=C(C)[C@H](C(C)C1)C1C(=O)N(OCCCN3CCN(c4ccccn4)CC3)C(=O)C12. The molecule has 35 heavy (non-hydrogen) atoms. The van der Waals surface area contributed by atoms with Gasteiger partial charge in [0.1, 0.15) is 11.4 Å². The van der Waals surface area contributed by atoms with E-state index >= 15 is 0 Å². The Hall–Kier alpha value is -2.78. The van der Waals surface area contributed by atoms with Crippen LogP contribution in [0.3, 0.4) is 0 Å². The number of hydrogen-bond donors (Lipinski definition) is 0. The van der Waals surface area contributed by atoms with E-state index in [1.165, 1.54) is 6.92 Å². The Kier molecular flexibility index (Phi) is 6.40. The molecule has 1 aromatic rings. The molecular formula is C26H34N4O5. The average molecular weight is 483 g/mol. The van der Waals surface area contributed by atoms with E-state index in [9.17, 15) is 14.4 Å². The van der Waals surface area contributed by atoms with Crippen LogP contribution in [0.1, 0.15) is 33.6 Å². The summed E-state index contributed by atoms with van der Waals surface area (Å²) in [5.74, 6) is -1.25. The van der Waals surface area contributed by atoms with Crippen molar-refractivity contribution in [2.75, 3.05) is 44.2 Å². The van der Waals surface area contributed by atoms with Crippen LogP contribution in [0.25, 0.3) is 0 Å². The number of rotatable bonds is 7. The molecule has 6 rings (SSSR count). The Balaban J connectivity index is 1.16. The Bertz CT molecular complexity index is 1020. The zero-order chi connectivity index (χ0) is 24.7. The highest BCUT2D eigenvalue weighted by atomic mass is 16.7. The Morgan fingerprint density at radius 2 is 1.91 bits per heavy atom. The summed E-state index contributed by atoms with van der Waals surface area (Å²) in [4.78, 5) is 53.4. The number of carbonyl (C=O) groups is 3. The Morgan fingerprint density at radius 1 is 1.14 bits per heavy atom. The number of allylic oxidation sites excluding steroid dienone is 1. The van der Waals surface area contributed by atoms with E-state index in [0.717, 1.165) is 49.2 Å². The molecule has 188 valence electrons. The number of anilines is 1. The van der Waals surface area contributed by atoms with Gasteiger partial charge in [-0.2, -0.15) is 5.06 Å². The lowest BCUT2D eigenvalue weighted by molar-refractivity contribution is -0.191. The number of piperazine rings is 1. The number of hydrogen-bond acceptors (Lipinski definition) is 8. The van der Waals surface area contributed by atoms with Gasteiger partial charge in [0.05, 0.1) is 18.4 Å². The van der Waals surface area contributed by atoms with E-state index in [4.69, 9.17) is 9.57 Å². The maximum Gasteiger partial charge on any atom is 0.303 e. The number of pyridine rings is 1. The summed E-state index contributed by atoms with van der Waals surface area (Å²) in [6.07, 6.45) is 4.97. The molecule has 2 saturated heterocycles. The first kappa shape index (κ1) is 23.9. The molecule has 1 aromatic heterocycles. The minimum Gasteiger partial charge on any atom is -0.454 e. The number of ether oxygens (including phenoxy) is 1. The predicted molar refractivity (Wildman–Crippen MR) is 128 cm³/mol. The molecule has 9 heteroatoms. The largest absolute Gasteiger partial charge is 0.454 e. The molecule has 1 saturated carbocycles. The fourth-order valence-corrected chi connectivity index (χ4v) is 6.73. The molecule has 3 unspecified atom stereocenters. The Morgan fingerprint density at radius 3 is 2.57 bits per heavy atom. The highest BCUT2D eigenvalue weighted by Crippen LogP contribution is 2.58. The van der Waals surface area contributed by atoms with E-state index in [-0.39, 0.29) is 30.3 Å². The minimum atomic E-state index is -1.06. The third kappa shape index (κ3) is 4.25. The van der Waals surface area contributed by atoms with Gasteiger partial charge in [0.2, 0.25) is 0 Å². The number of carbonyl (C=O) groups excluding carboxylic acids is 3. The van der Waals surface area contributed by atoms with Crippen molar-refractivity contribution < 1.29 is 24.0 Å². The molecule has 0 aromatic carbocycles. The summed E-state index contributed by atoms with van der Waals surface area (Å²) in [5, 5.41) is 0.962. The summed E-state index contributed by atoms with van der Waals surface area (Å²) < 4.78 is 5.75. The molecule has 0 N–H and O–H groups in total. The summed E-state index contributed by atoms with van der Waals surface area (Å²) in [5.41, 5.74) is -0.0496. The fourth-order valence-electron chi connectivity index (χ4n) is 6.73. The molecule has 5 aliphatic rings. The molecule has 0 spiro atoms. The number of aromatic nitrogens is 1. The van der Waals surface area contributed by atoms with Gasteiger partial charge >= 0.3 is 5.97 Å². The van der Waals surface area contributed by atoms with Gasteiger partial charge in [-0.1, -0.05) is 18.6 Å². The molecule has 2 aliphatic heterocycles. The summed E-state index contributed by atoms with van der Waals surface area (Å²) >= 11 is 0. The first-order chi connectivity index (χ1) is 16.8. The van der Waals surface area contributed by atoms with Gasteiger partial charge in [-0.15, -0.1) is 0 Å². The third-order valence-electron chi connectivity index (χ3n) is 7.99. The highest BCUT2D eigenvalue weighted by Gasteiger charge is 2.68. The van der Waals surface area contributed by atoms with E-state index in [1.807, 2.05) is 37.4 Å². The van der Waals surface area contributed by atoms with Crippen molar-refractivity contribution in [3.63, 3.8) is 0 Å². The van der Waals surface area contributed by atoms with Crippen LogP contribution in [0.4, 0.5) is 5.82 Å². The lowest BCUT2D eigenvalue weighted by Gasteiger charge is -2.52. The number of nitrogens with zero attached hydrogens (tertiary/aromatic N) is 4. The van der Waals surface area contributed by atoms with Gasteiger partial charge in [-0.05, 0) is 49.8 Å². The van der Waals surface area contributed by atoms with Gasteiger partial charge in [0, 0.05) is 45.8 Å². The standard InChI is InChI=1S/C26H34N4O5/c1-17-15-26(35-19(3)31)16-18(2)21(17)22-23(26)25(33)30(24(22)32)34-14-6-9-28-10-12-29(13-11-28)20-7-4-5-8-27-20/h4-5,7-8,15,18,21-23H,6,9-14,16H2,1-3H3/t18?,21-,22?,23?,26-/m1/s1. The van der Waals surface area contributed by atoms with Crippen LogP contribution in [-0.4, -0.2) is 77.7 Å². The van der Waals surface area contributed by atoms with Crippen LogP contribution in [0.2, 0.25) is 0 Å². The van der Waals surface area contributed by atoms with E-state index in [1.54, 1.807) is 0 Å². The first-order valence-electron chi connectivity index (χ1n) is 12.6. The molecule has 9 nitrogen and oxygen atoms in total. The minimum absolute atomic E-state index is 0.0297. The monoisotopic (exact) mass is 482 g/mol. The van der Waals surface area contributed by atoms with Crippen LogP contribution >= 0.6 is 0 Å². The van der Waals surface area contributed by atoms with Gasteiger partial charge in [0.15, 0.2) is 0 Å². The lowest BCUT2D eigenvalue weighted by Crippen LogP contribution is -2.57. The number of amides is 2. The fraction of sp³-hybridized carbons (Fsp3) is 0.615. The van der Waals surface area contributed by atoms with Crippen molar-refractivity contribution in [3.8, 4) is 0 Å². The molecule has 0 radical (unpaired) electrons. The van der Waals surface area contributed by atoms with Crippen LogP contribution in [0.15, 0.2) is 36.0 Å². The van der Waals surface area contributed by atoms with Crippen molar-refractivity contribution in [2.45, 2.75) is 39.2 Å². The summed E-state index contributed by atoms with van der Waals surface area (Å²) in [6.45, 7) is 10.2. The second kappa shape index (κ2) is 9.35. The topological polar surface area (TPSA) is 92.3 Å². The number of hydroxylamine groups is 2. The zero-order valence-electron chi connectivity index (χ0n) is 20.7. The number of imide groups is 1. The van der Waals surface area contributed by atoms with Crippen molar-refractivity contribution in [1.29, 1.82) is 0 Å². The van der Waals surface area contributed by atoms with E-state index in [2.05, 4.69) is 21.7 Å². The molecule has 3 heterocycles. The maximum absolute atomic E-state index is 13.3. The van der Waals surface area contributed by atoms with Crippen molar-refractivity contribution in [2.24, 2.45) is 23.7 Å². The summed E-state index contributed by atoms with van der Waals surface area (Å²) in [7, 11) is 0. The second-order valence-electron chi connectivity index (χ2n) is 10.3. The van der Waals surface area contributed by atoms with E-state index < -0.39 is 23.4 Å². The normalized spacial score (nSPS) is 32.6. The van der Waals surface area contributed by atoms with Crippen molar-refractivity contribution in [1.82, 2.24) is 14.9 Å².